The van der Waals surface area contributed by atoms with Crippen molar-refractivity contribution in [2.45, 2.75) is 0 Å². The molecular weight excluding hydrogens is 351 g/mol. The molecule has 0 fully saturated rings. The third kappa shape index (κ3) is 2.42. The first-order chi connectivity index (χ1) is 9.95. The summed E-state index contributed by atoms with van der Waals surface area (Å²) in [5.74, 6) is -3.75. The van der Waals surface area contributed by atoms with Crippen LogP contribution in [0.25, 0.3) is 17.1 Å². The summed E-state index contributed by atoms with van der Waals surface area (Å²) in [6.45, 7) is 0. The average molecular weight is 358 g/mol. The van der Waals surface area contributed by atoms with E-state index in [2.05, 4.69) is 21.0 Å². The Morgan fingerprint density at radius 3 is 2.38 bits per heavy atom. The number of hydrogen-bond donors (Lipinski definition) is 1. The topological polar surface area (TPSA) is 57.0 Å². The van der Waals surface area contributed by atoms with Crippen LogP contribution in [0.5, 0.6) is 0 Å². The summed E-state index contributed by atoms with van der Waals surface area (Å²) in [5, 5.41) is 4.10. The molecule has 2 N–H and O–H groups in total. The van der Waals surface area contributed by atoms with E-state index >= 15 is 0 Å². The Labute approximate surface area is 125 Å². The molecule has 2 heterocycles. The zero-order valence-corrected chi connectivity index (χ0v) is 11.9. The normalized spacial score (nSPS) is 11.0. The molecule has 0 spiro atoms. The standard InChI is InChI=1S/C13H7BrF3N3O/c14-11-2-1-10(21-11)13-9(18)5-20(19-13)6-3-7(15)12(17)8(16)4-6/h1-5H,18H2. The summed E-state index contributed by atoms with van der Waals surface area (Å²) < 4.78 is 46.4. The van der Waals surface area contributed by atoms with Gasteiger partial charge in [-0.05, 0) is 28.1 Å². The van der Waals surface area contributed by atoms with E-state index in [0.717, 1.165) is 16.8 Å². The van der Waals surface area contributed by atoms with E-state index in [1.165, 1.54) is 6.20 Å². The van der Waals surface area contributed by atoms with Gasteiger partial charge in [-0.2, -0.15) is 5.10 Å². The minimum Gasteiger partial charge on any atom is -0.448 e. The Morgan fingerprint density at radius 2 is 1.81 bits per heavy atom. The highest BCUT2D eigenvalue weighted by Gasteiger charge is 2.16. The number of rotatable bonds is 2. The predicted octanol–water partition coefficient (Wildman–Crippen LogP) is 3.89. The molecule has 0 aliphatic heterocycles. The van der Waals surface area contributed by atoms with Crippen molar-refractivity contribution in [2.24, 2.45) is 0 Å². The number of nitrogens with two attached hydrogens (primary N) is 1. The highest BCUT2D eigenvalue weighted by Crippen LogP contribution is 2.29. The molecule has 0 radical (unpaired) electrons. The smallest absolute Gasteiger partial charge is 0.194 e. The molecule has 8 heteroatoms. The van der Waals surface area contributed by atoms with Crippen LogP contribution < -0.4 is 5.73 Å². The highest BCUT2D eigenvalue weighted by atomic mass is 79.9. The first-order valence-electron chi connectivity index (χ1n) is 5.71. The summed E-state index contributed by atoms with van der Waals surface area (Å²) in [7, 11) is 0. The van der Waals surface area contributed by atoms with Crippen molar-refractivity contribution in [1.29, 1.82) is 0 Å². The molecule has 3 rings (SSSR count). The fraction of sp³-hybridized carbons (Fsp3) is 0. The monoisotopic (exact) mass is 357 g/mol. The lowest BCUT2D eigenvalue weighted by Gasteiger charge is -2.02. The molecule has 0 unspecified atom stereocenters. The molecule has 1 aromatic carbocycles. The van der Waals surface area contributed by atoms with Gasteiger partial charge in [0.1, 0.15) is 0 Å². The average Bonchev–Trinajstić information content (AvgIpc) is 3.01. The quantitative estimate of drug-likeness (QED) is 0.707. The number of benzene rings is 1. The van der Waals surface area contributed by atoms with Gasteiger partial charge in [-0.25, -0.2) is 17.9 Å². The third-order valence-electron chi connectivity index (χ3n) is 2.78. The molecule has 4 nitrogen and oxygen atoms in total. The lowest BCUT2D eigenvalue weighted by molar-refractivity contribution is 0.446. The van der Waals surface area contributed by atoms with Crippen molar-refractivity contribution in [3.05, 3.63) is 52.6 Å². The van der Waals surface area contributed by atoms with E-state index in [0.29, 0.717) is 16.1 Å². The molecule has 21 heavy (non-hydrogen) atoms. The minimum atomic E-state index is -1.53. The van der Waals surface area contributed by atoms with Gasteiger partial charge in [-0.1, -0.05) is 0 Å². The van der Waals surface area contributed by atoms with E-state index in [1.54, 1.807) is 12.1 Å². The molecule has 108 valence electrons. The summed E-state index contributed by atoms with van der Waals surface area (Å²) in [6.07, 6.45) is 1.36. The summed E-state index contributed by atoms with van der Waals surface area (Å²) in [4.78, 5) is 0. The largest absolute Gasteiger partial charge is 0.448 e. The van der Waals surface area contributed by atoms with Crippen molar-refractivity contribution < 1.29 is 17.6 Å². The molecule has 0 amide bonds. The van der Waals surface area contributed by atoms with E-state index in [9.17, 15) is 13.2 Å². The Morgan fingerprint density at radius 1 is 1.14 bits per heavy atom. The van der Waals surface area contributed by atoms with Gasteiger partial charge in [0.2, 0.25) is 0 Å². The van der Waals surface area contributed by atoms with Gasteiger partial charge < -0.3 is 10.2 Å². The second kappa shape index (κ2) is 4.96. The maximum atomic E-state index is 13.2. The maximum Gasteiger partial charge on any atom is 0.194 e. The SMILES string of the molecule is Nc1cn(-c2cc(F)c(F)c(F)c2)nc1-c1ccc(Br)o1. The van der Waals surface area contributed by atoms with Crippen molar-refractivity contribution in [1.82, 2.24) is 9.78 Å². The number of halogens is 4. The van der Waals surface area contributed by atoms with Gasteiger partial charge in [-0.15, -0.1) is 0 Å². The van der Waals surface area contributed by atoms with Crippen molar-refractivity contribution in [2.75, 3.05) is 5.73 Å². The Balaban J connectivity index is 2.09. The van der Waals surface area contributed by atoms with Gasteiger partial charge >= 0.3 is 0 Å². The molecule has 3 aromatic rings. The summed E-state index contributed by atoms with van der Waals surface area (Å²) in [6, 6.07) is 4.95. The molecule has 2 aromatic heterocycles. The van der Waals surface area contributed by atoms with Crippen LogP contribution in [0.15, 0.2) is 39.5 Å². The molecule has 0 aliphatic carbocycles. The maximum absolute atomic E-state index is 13.2. The van der Waals surface area contributed by atoms with Gasteiger partial charge in [0.15, 0.2) is 33.6 Å². The Kier molecular flexibility index (Phi) is 3.25. The molecule has 0 saturated heterocycles. The van der Waals surface area contributed by atoms with E-state index in [-0.39, 0.29) is 11.4 Å². The van der Waals surface area contributed by atoms with Crippen LogP contribution in [-0.2, 0) is 0 Å². The zero-order chi connectivity index (χ0) is 15.1. The fourth-order valence-electron chi connectivity index (χ4n) is 1.83. The van der Waals surface area contributed by atoms with Crippen molar-refractivity contribution in [3.63, 3.8) is 0 Å². The minimum absolute atomic E-state index is 0.00923. The van der Waals surface area contributed by atoms with Gasteiger partial charge in [0.05, 0.1) is 17.6 Å². The molecule has 0 saturated carbocycles. The lowest BCUT2D eigenvalue weighted by Crippen LogP contribution is -1.99. The van der Waals surface area contributed by atoms with Crippen LogP contribution in [0.2, 0.25) is 0 Å². The molecule has 0 aliphatic rings. The first-order valence-corrected chi connectivity index (χ1v) is 6.51. The van der Waals surface area contributed by atoms with Crippen LogP contribution in [0.1, 0.15) is 0 Å². The number of nitrogen functional groups attached to an aromatic ring is 1. The second-order valence-electron chi connectivity index (χ2n) is 4.20. The number of anilines is 1. The van der Waals surface area contributed by atoms with Crippen LogP contribution in [0.3, 0.4) is 0 Å². The second-order valence-corrected chi connectivity index (χ2v) is 4.99. The van der Waals surface area contributed by atoms with E-state index in [4.69, 9.17) is 10.2 Å². The summed E-state index contributed by atoms with van der Waals surface area (Å²) >= 11 is 3.15. The van der Waals surface area contributed by atoms with Crippen LogP contribution >= 0.6 is 15.9 Å². The summed E-state index contributed by atoms with van der Waals surface area (Å²) in [5.41, 5.74) is 6.38. The van der Waals surface area contributed by atoms with Gasteiger partial charge in [0, 0.05) is 12.1 Å². The van der Waals surface area contributed by atoms with Gasteiger partial charge in [-0.3, -0.25) is 0 Å². The molecule has 0 atom stereocenters. The number of nitrogens with zero attached hydrogens (tertiary/aromatic N) is 2. The molecule has 0 bridgehead atoms. The van der Waals surface area contributed by atoms with Crippen LogP contribution in [-0.4, -0.2) is 9.78 Å². The van der Waals surface area contributed by atoms with E-state index < -0.39 is 17.5 Å². The Hall–Kier alpha value is -2.22. The Bertz CT molecular complexity index is 805. The van der Waals surface area contributed by atoms with Crippen molar-refractivity contribution in [3.8, 4) is 17.1 Å². The molecular formula is C13H7BrF3N3O. The third-order valence-corrected chi connectivity index (χ3v) is 3.21. The van der Waals surface area contributed by atoms with Crippen molar-refractivity contribution >= 4 is 21.6 Å². The van der Waals surface area contributed by atoms with Crippen LogP contribution in [0.4, 0.5) is 18.9 Å². The van der Waals surface area contributed by atoms with E-state index in [1.807, 2.05) is 0 Å². The first kappa shape index (κ1) is 13.7. The lowest BCUT2D eigenvalue weighted by atomic mass is 10.3. The number of aromatic nitrogens is 2. The number of furan rings is 1. The highest BCUT2D eigenvalue weighted by molar-refractivity contribution is 9.10. The van der Waals surface area contributed by atoms with Crippen LogP contribution in [0, 0.1) is 17.5 Å². The van der Waals surface area contributed by atoms with Gasteiger partial charge in [0.25, 0.3) is 0 Å². The number of hydrogen-bond acceptors (Lipinski definition) is 3. The zero-order valence-electron chi connectivity index (χ0n) is 10.3. The predicted molar refractivity (Wildman–Crippen MR) is 73.3 cm³/mol. The fourth-order valence-corrected chi connectivity index (χ4v) is 2.13.